The standard InChI is InChI=1S/C25H37NO3Si.ClH/c1-25(2,3)30(22-14-7-5-8-15-22,23-16-9-6-10-17-23)29-21-12-11-19-26(4)20-13-18-24(27)28;/h5-10,14-17H,11-13,18-21H2,1-4H3,(H,27,28);1H. The molecular weight excluding hydrogens is 426 g/mol. The Labute approximate surface area is 195 Å². The third-order valence-corrected chi connectivity index (χ3v) is 10.6. The van der Waals surface area contributed by atoms with Crippen LogP contribution in [0.3, 0.4) is 0 Å². The highest BCUT2D eigenvalue weighted by molar-refractivity contribution is 6.99. The monoisotopic (exact) mass is 463 g/mol. The highest BCUT2D eigenvalue weighted by atomic mass is 35.5. The number of carbonyl (C=O) groups is 1. The molecule has 0 spiro atoms. The number of unbranched alkanes of at least 4 members (excludes halogenated alkanes) is 1. The molecule has 0 aliphatic rings. The summed E-state index contributed by atoms with van der Waals surface area (Å²) in [6.07, 6.45) is 2.97. The summed E-state index contributed by atoms with van der Waals surface area (Å²) >= 11 is 0. The van der Waals surface area contributed by atoms with Crippen molar-refractivity contribution in [1.29, 1.82) is 0 Å². The topological polar surface area (TPSA) is 49.8 Å². The summed E-state index contributed by atoms with van der Waals surface area (Å²) in [5.74, 6) is -0.720. The highest BCUT2D eigenvalue weighted by Gasteiger charge is 2.49. The van der Waals surface area contributed by atoms with E-state index < -0.39 is 14.3 Å². The van der Waals surface area contributed by atoms with Crippen LogP contribution in [0.1, 0.15) is 46.5 Å². The van der Waals surface area contributed by atoms with Crippen molar-refractivity contribution >= 4 is 37.1 Å². The number of carboxylic acids is 1. The maximum absolute atomic E-state index is 10.7. The van der Waals surface area contributed by atoms with E-state index in [2.05, 4.69) is 93.4 Å². The number of nitrogens with zero attached hydrogens (tertiary/aromatic N) is 1. The summed E-state index contributed by atoms with van der Waals surface area (Å²) < 4.78 is 6.90. The van der Waals surface area contributed by atoms with E-state index in [1.807, 2.05) is 0 Å². The lowest BCUT2D eigenvalue weighted by atomic mass is 10.2. The Kier molecular flexibility index (Phi) is 11.5. The van der Waals surface area contributed by atoms with Crippen LogP contribution in [0, 0.1) is 0 Å². The molecule has 0 bridgehead atoms. The number of hydrogen-bond acceptors (Lipinski definition) is 3. The Hall–Kier alpha value is -1.66. The van der Waals surface area contributed by atoms with Crippen molar-refractivity contribution < 1.29 is 14.3 Å². The number of aliphatic carboxylic acids is 1. The van der Waals surface area contributed by atoms with Gasteiger partial charge in [-0.3, -0.25) is 4.79 Å². The fraction of sp³-hybridized carbons (Fsp3) is 0.480. The van der Waals surface area contributed by atoms with E-state index in [0.717, 1.165) is 32.5 Å². The molecule has 0 radical (unpaired) electrons. The van der Waals surface area contributed by atoms with Crippen LogP contribution in [0.5, 0.6) is 0 Å². The first-order chi connectivity index (χ1) is 14.3. The third kappa shape index (κ3) is 7.76. The first-order valence-electron chi connectivity index (χ1n) is 10.9. The summed E-state index contributed by atoms with van der Waals surface area (Å²) in [5.41, 5.74) is 0. The van der Waals surface area contributed by atoms with E-state index in [0.29, 0.717) is 6.42 Å². The van der Waals surface area contributed by atoms with E-state index in [9.17, 15) is 4.79 Å². The predicted octanol–water partition coefficient (Wildman–Crippen LogP) is 4.56. The van der Waals surface area contributed by atoms with Crippen LogP contribution < -0.4 is 10.4 Å². The summed E-state index contributed by atoms with van der Waals surface area (Å²) in [6, 6.07) is 21.5. The second kappa shape index (κ2) is 13.0. The van der Waals surface area contributed by atoms with Crippen molar-refractivity contribution in [3.63, 3.8) is 0 Å². The van der Waals surface area contributed by atoms with Gasteiger partial charge in [0.15, 0.2) is 0 Å². The van der Waals surface area contributed by atoms with Crippen molar-refractivity contribution in [3.8, 4) is 0 Å². The van der Waals surface area contributed by atoms with Crippen molar-refractivity contribution in [2.24, 2.45) is 0 Å². The zero-order valence-corrected chi connectivity index (χ0v) is 21.2. The first kappa shape index (κ1) is 27.4. The van der Waals surface area contributed by atoms with Crippen LogP contribution in [0.2, 0.25) is 5.04 Å². The SMILES string of the molecule is CN(CCCCO[Si](c1ccccc1)(c1ccccc1)C(C)(C)C)CCCC(=O)O.Cl. The minimum atomic E-state index is -2.44. The fourth-order valence-corrected chi connectivity index (χ4v) is 8.69. The lowest BCUT2D eigenvalue weighted by molar-refractivity contribution is -0.137. The normalized spacial score (nSPS) is 11.9. The van der Waals surface area contributed by atoms with Crippen molar-refractivity contribution in [3.05, 3.63) is 60.7 Å². The number of rotatable bonds is 12. The lowest BCUT2D eigenvalue weighted by Gasteiger charge is -2.43. The summed E-state index contributed by atoms with van der Waals surface area (Å²) in [7, 11) is -0.379. The van der Waals surface area contributed by atoms with Gasteiger partial charge in [0.05, 0.1) is 0 Å². The zero-order chi connectivity index (χ0) is 22.0. The Bertz CT molecular complexity index is 726. The Morgan fingerprint density at radius 2 is 1.39 bits per heavy atom. The van der Waals surface area contributed by atoms with Crippen LogP contribution in [-0.4, -0.2) is 51.0 Å². The van der Waals surface area contributed by atoms with Gasteiger partial charge in [0, 0.05) is 13.0 Å². The third-order valence-electron chi connectivity index (χ3n) is 5.60. The van der Waals surface area contributed by atoms with E-state index in [4.69, 9.17) is 9.53 Å². The molecule has 0 aromatic heterocycles. The van der Waals surface area contributed by atoms with Crippen LogP contribution in [-0.2, 0) is 9.22 Å². The molecule has 0 saturated carbocycles. The van der Waals surface area contributed by atoms with E-state index in [1.165, 1.54) is 10.4 Å². The van der Waals surface area contributed by atoms with E-state index >= 15 is 0 Å². The molecule has 1 N–H and O–H groups in total. The molecule has 2 aromatic carbocycles. The molecular formula is C25H38ClNO3Si. The molecule has 31 heavy (non-hydrogen) atoms. The van der Waals surface area contributed by atoms with E-state index in [-0.39, 0.29) is 23.9 Å². The van der Waals surface area contributed by atoms with Crippen LogP contribution in [0.15, 0.2) is 60.7 Å². The molecule has 2 aromatic rings. The number of hydrogen-bond donors (Lipinski definition) is 1. The quantitative estimate of drug-likeness (QED) is 0.370. The van der Waals surface area contributed by atoms with Gasteiger partial charge in [-0.1, -0.05) is 81.4 Å². The van der Waals surface area contributed by atoms with E-state index in [1.54, 1.807) is 0 Å². The molecule has 0 atom stereocenters. The lowest BCUT2D eigenvalue weighted by Crippen LogP contribution is -2.66. The molecule has 2 rings (SSSR count). The average molecular weight is 464 g/mol. The van der Waals surface area contributed by atoms with Gasteiger partial charge in [0.1, 0.15) is 0 Å². The largest absolute Gasteiger partial charge is 0.481 e. The molecule has 172 valence electrons. The summed E-state index contributed by atoms with van der Waals surface area (Å²) in [5, 5.41) is 11.4. The van der Waals surface area contributed by atoms with Gasteiger partial charge in [0.25, 0.3) is 8.32 Å². The number of benzene rings is 2. The van der Waals surface area contributed by atoms with Gasteiger partial charge < -0.3 is 14.4 Å². The number of halogens is 1. The molecule has 0 amide bonds. The van der Waals surface area contributed by atoms with Crippen LogP contribution >= 0.6 is 12.4 Å². The molecule has 0 unspecified atom stereocenters. The van der Waals surface area contributed by atoms with Crippen LogP contribution in [0.25, 0.3) is 0 Å². The van der Waals surface area contributed by atoms with Gasteiger partial charge in [0.2, 0.25) is 0 Å². The predicted molar refractivity (Wildman–Crippen MR) is 134 cm³/mol. The van der Waals surface area contributed by atoms with Crippen LogP contribution in [0.4, 0.5) is 0 Å². The molecule has 6 heteroatoms. The molecule has 0 saturated heterocycles. The second-order valence-electron chi connectivity index (χ2n) is 9.02. The Balaban J connectivity index is 0.00000480. The molecule has 4 nitrogen and oxygen atoms in total. The highest BCUT2D eigenvalue weighted by Crippen LogP contribution is 2.36. The zero-order valence-electron chi connectivity index (χ0n) is 19.3. The molecule has 0 fully saturated rings. The average Bonchev–Trinajstić information content (AvgIpc) is 2.71. The minimum absolute atomic E-state index is 0. The Morgan fingerprint density at radius 3 is 1.84 bits per heavy atom. The molecule has 0 aliphatic heterocycles. The van der Waals surface area contributed by atoms with Gasteiger partial charge in [-0.15, -0.1) is 12.4 Å². The number of carboxylic acid groups (broad SMARTS) is 1. The van der Waals surface area contributed by atoms with Gasteiger partial charge in [-0.25, -0.2) is 0 Å². The maximum atomic E-state index is 10.7. The van der Waals surface area contributed by atoms with Gasteiger partial charge in [-0.2, -0.15) is 0 Å². The van der Waals surface area contributed by atoms with Crippen molar-refractivity contribution in [2.75, 3.05) is 26.7 Å². The van der Waals surface area contributed by atoms with Gasteiger partial charge in [-0.05, 0) is 54.8 Å². The smallest absolute Gasteiger partial charge is 0.303 e. The fourth-order valence-electron chi connectivity index (χ4n) is 4.08. The summed E-state index contributed by atoms with van der Waals surface area (Å²) in [6.45, 7) is 9.42. The Morgan fingerprint density at radius 1 is 0.903 bits per heavy atom. The summed E-state index contributed by atoms with van der Waals surface area (Å²) in [4.78, 5) is 12.9. The molecule has 0 aliphatic carbocycles. The minimum Gasteiger partial charge on any atom is -0.481 e. The second-order valence-corrected chi connectivity index (χ2v) is 13.3. The first-order valence-corrected chi connectivity index (χ1v) is 12.8. The van der Waals surface area contributed by atoms with Crippen molar-refractivity contribution in [1.82, 2.24) is 4.90 Å². The van der Waals surface area contributed by atoms with Gasteiger partial charge >= 0.3 is 5.97 Å². The van der Waals surface area contributed by atoms with Crippen molar-refractivity contribution in [2.45, 2.75) is 51.5 Å². The maximum Gasteiger partial charge on any atom is 0.303 e. The molecule has 0 heterocycles.